The number of nitrogens with zero attached hydrogens (tertiary/aromatic N) is 4. The molecule has 0 saturated carbocycles. The highest BCUT2D eigenvalue weighted by molar-refractivity contribution is 6.54. The molecule has 3 rings (SSSR count). The molecule has 26 heavy (non-hydrogen) atoms. The van der Waals surface area contributed by atoms with E-state index in [2.05, 4.69) is 21.0 Å². The Morgan fingerprint density at radius 1 is 1.31 bits per heavy atom. The van der Waals surface area contributed by atoms with Gasteiger partial charge < -0.3 is 9.31 Å². The fourth-order valence-corrected chi connectivity index (χ4v) is 2.51. The van der Waals surface area contributed by atoms with Crippen LogP contribution in [-0.4, -0.2) is 38.1 Å². The van der Waals surface area contributed by atoms with Crippen LogP contribution in [-0.2, 0) is 15.9 Å². The van der Waals surface area contributed by atoms with Crippen LogP contribution in [0.2, 0.25) is 0 Å². The average Bonchev–Trinajstić information content (AvgIpc) is 3.06. The van der Waals surface area contributed by atoms with Crippen molar-refractivity contribution in [2.45, 2.75) is 45.4 Å². The molecule has 6 nitrogen and oxygen atoms in total. The highest BCUT2D eigenvalue weighted by Crippen LogP contribution is 2.39. The standard InChI is InChI=1S/C18H20BFN4O2/c1-6-9-24-12-13(16(23-24)14-11-21-7-8-22-14)10-15(20)19-25-17(2,3)18(4,5)26-19/h1,7-8,10-12H,9H2,2-5H3. The normalized spacial score (nSPS) is 18.8. The smallest absolute Gasteiger partial charge is 0.398 e. The Bertz CT molecular complexity index is 855. The van der Waals surface area contributed by atoms with Crippen molar-refractivity contribution >= 4 is 13.2 Å². The minimum absolute atomic E-state index is 0.263. The first-order valence-electron chi connectivity index (χ1n) is 8.23. The third kappa shape index (κ3) is 3.41. The molecule has 0 spiro atoms. The summed E-state index contributed by atoms with van der Waals surface area (Å²) >= 11 is 0. The second kappa shape index (κ2) is 6.67. The van der Waals surface area contributed by atoms with E-state index in [0.717, 1.165) is 0 Å². The van der Waals surface area contributed by atoms with Crippen molar-refractivity contribution < 1.29 is 13.7 Å². The second-order valence-corrected chi connectivity index (χ2v) is 7.04. The van der Waals surface area contributed by atoms with E-state index in [-0.39, 0.29) is 6.54 Å². The molecular weight excluding hydrogens is 334 g/mol. The van der Waals surface area contributed by atoms with Gasteiger partial charge in [-0.1, -0.05) is 5.92 Å². The van der Waals surface area contributed by atoms with Gasteiger partial charge in [-0.2, -0.15) is 5.10 Å². The third-order valence-corrected chi connectivity index (χ3v) is 4.62. The van der Waals surface area contributed by atoms with Gasteiger partial charge in [0.05, 0.1) is 17.4 Å². The maximum atomic E-state index is 14.9. The number of hydrogen-bond acceptors (Lipinski definition) is 5. The van der Waals surface area contributed by atoms with E-state index >= 15 is 0 Å². The Kier molecular flexibility index (Phi) is 4.69. The molecule has 1 aliphatic rings. The van der Waals surface area contributed by atoms with Crippen LogP contribution in [0.5, 0.6) is 0 Å². The Balaban J connectivity index is 1.96. The Morgan fingerprint density at radius 3 is 2.58 bits per heavy atom. The molecule has 0 aliphatic carbocycles. The van der Waals surface area contributed by atoms with Crippen LogP contribution in [0.3, 0.4) is 0 Å². The van der Waals surface area contributed by atoms with Gasteiger partial charge in [0, 0.05) is 24.2 Å². The van der Waals surface area contributed by atoms with Crippen molar-refractivity contribution in [3.05, 3.63) is 36.1 Å². The van der Waals surface area contributed by atoms with E-state index in [1.807, 2.05) is 27.7 Å². The zero-order valence-electron chi connectivity index (χ0n) is 15.2. The molecule has 134 valence electrons. The molecular formula is C18H20BFN4O2. The van der Waals surface area contributed by atoms with E-state index in [4.69, 9.17) is 15.7 Å². The SMILES string of the molecule is C#CCn1cc(C=C(F)B2OC(C)(C)C(C)(C)O2)c(-c2cnccn2)n1. The Morgan fingerprint density at radius 2 is 2.00 bits per heavy atom. The second-order valence-electron chi connectivity index (χ2n) is 7.04. The van der Waals surface area contributed by atoms with E-state index in [1.54, 1.807) is 29.5 Å². The lowest BCUT2D eigenvalue weighted by Crippen LogP contribution is -2.41. The molecule has 0 unspecified atom stereocenters. The van der Waals surface area contributed by atoms with Crippen molar-refractivity contribution in [2.24, 2.45) is 0 Å². The maximum absolute atomic E-state index is 14.9. The summed E-state index contributed by atoms with van der Waals surface area (Å²) in [6.45, 7) is 7.75. The highest BCUT2D eigenvalue weighted by atomic mass is 19.1. The fourth-order valence-electron chi connectivity index (χ4n) is 2.51. The van der Waals surface area contributed by atoms with Gasteiger partial charge in [-0.05, 0) is 33.8 Å². The minimum atomic E-state index is -1.08. The van der Waals surface area contributed by atoms with Crippen molar-refractivity contribution in [3.8, 4) is 23.7 Å². The van der Waals surface area contributed by atoms with Crippen LogP contribution >= 0.6 is 0 Å². The zero-order chi connectivity index (χ0) is 18.9. The van der Waals surface area contributed by atoms with E-state index in [1.165, 1.54) is 6.08 Å². The van der Waals surface area contributed by atoms with Gasteiger partial charge in [0.25, 0.3) is 0 Å². The molecule has 3 heterocycles. The predicted molar refractivity (Wildman–Crippen MR) is 97.3 cm³/mol. The molecule has 1 aliphatic heterocycles. The molecule has 0 bridgehead atoms. The summed E-state index contributed by atoms with van der Waals surface area (Å²) in [7, 11) is -1.08. The summed E-state index contributed by atoms with van der Waals surface area (Å²) in [4.78, 5) is 8.27. The van der Waals surface area contributed by atoms with Crippen molar-refractivity contribution in [3.63, 3.8) is 0 Å². The molecule has 0 aromatic carbocycles. The maximum Gasteiger partial charge on any atom is 0.525 e. The predicted octanol–water partition coefficient (Wildman–Crippen LogP) is 2.92. The van der Waals surface area contributed by atoms with Crippen molar-refractivity contribution in [1.82, 2.24) is 19.7 Å². The van der Waals surface area contributed by atoms with Crippen LogP contribution in [0.1, 0.15) is 33.3 Å². The highest BCUT2D eigenvalue weighted by Gasteiger charge is 2.53. The number of terminal acetylenes is 1. The molecule has 2 aromatic heterocycles. The van der Waals surface area contributed by atoms with E-state index < -0.39 is 24.0 Å². The third-order valence-electron chi connectivity index (χ3n) is 4.62. The van der Waals surface area contributed by atoms with Gasteiger partial charge in [-0.3, -0.25) is 14.6 Å². The summed E-state index contributed by atoms with van der Waals surface area (Å²) in [5.41, 5.74) is -0.257. The molecule has 2 aromatic rings. The van der Waals surface area contributed by atoms with Gasteiger partial charge in [0.1, 0.15) is 23.7 Å². The lowest BCUT2D eigenvalue weighted by molar-refractivity contribution is 0.00578. The summed E-state index contributed by atoms with van der Waals surface area (Å²) in [6.07, 6.45) is 13.0. The molecule has 1 fully saturated rings. The summed E-state index contributed by atoms with van der Waals surface area (Å²) in [5.74, 6) is 2.51. The zero-order valence-corrected chi connectivity index (χ0v) is 15.2. The summed E-state index contributed by atoms with van der Waals surface area (Å²) in [5, 5.41) is 4.39. The first-order valence-corrected chi connectivity index (χ1v) is 8.23. The quantitative estimate of drug-likeness (QED) is 0.624. The molecule has 0 radical (unpaired) electrons. The van der Waals surface area contributed by atoms with E-state index in [9.17, 15) is 4.39 Å². The van der Waals surface area contributed by atoms with Crippen LogP contribution in [0.15, 0.2) is 30.5 Å². The lowest BCUT2D eigenvalue weighted by atomic mass is 9.87. The first kappa shape index (κ1) is 18.3. The fraction of sp³-hybridized carbons (Fsp3) is 0.389. The van der Waals surface area contributed by atoms with Crippen molar-refractivity contribution in [1.29, 1.82) is 0 Å². The lowest BCUT2D eigenvalue weighted by Gasteiger charge is -2.32. The van der Waals surface area contributed by atoms with Crippen LogP contribution < -0.4 is 0 Å². The minimum Gasteiger partial charge on any atom is -0.398 e. The summed E-state index contributed by atoms with van der Waals surface area (Å²) in [6, 6.07) is 0. The average molecular weight is 354 g/mol. The molecule has 1 saturated heterocycles. The van der Waals surface area contributed by atoms with Crippen molar-refractivity contribution in [2.75, 3.05) is 0 Å². The Hall–Kier alpha value is -2.50. The molecule has 0 amide bonds. The first-order chi connectivity index (χ1) is 12.2. The van der Waals surface area contributed by atoms with E-state index in [0.29, 0.717) is 17.0 Å². The largest absolute Gasteiger partial charge is 0.525 e. The van der Waals surface area contributed by atoms with Crippen LogP contribution in [0, 0.1) is 12.3 Å². The number of hydrogen-bond donors (Lipinski definition) is 0. The topological polar surface area (TPSA) is 62.1 Å². The molecule has 0 atom stereocenters. The van der Waals surface area contributed by atoms with Crippen LogP contribution in [0.25, 0.3) is 17.5 Å². The molecule has 0 N–H and O–H groups in total. The monoisotopic (exact) mass is 354 g/mol. The van der Waals surface area contributed by atoms with Gasteiger partial charge >= 0.3 is 7.12 Å². The number of halogens is 1. The Labute approximate surface area is 152 Å². The number of rotatable bonds is 4. The molecule has 8 heteroatoms. The van der Waals surface area contributed by atoms with Gasteiger partial charge in [0.2, 0.25) is 0 Å². The van der Waals surface area contributed by atoms with Gasteiger partial charge in [-0.15, -0.1) is 6.42 Å². The summed E-state index contributed by atoms with van der Waals surface area (Å²) < 4.78 is 27.9. The van der Waals surface area contributed by atoms with Crippen LogP contribution in [0.4, 0.5) is 4.39 Å². The number of aromatic nitrogens is 4. The van der Waals surface area contributed by atoms with Gasteiger partial charge in [0.15, 0.2) is 0 Å². The van der Waals surface area contributed by atoms with Gasteiger partial charge in [-0.25, -0.2) is 4.39 Å².